The highest BCUT2D eigenvalue weighted by Gasteiger charge is 2.34. The number of likely N-dealkylation sites (tertiary alicyclic amines) is 2. The predicted octanol–water partition coefficient (Wildman–Crippen LogP) is 2.65. The van der Waals surface area contributed by atoms with E-state index >= 15 is 0 Å². The maximum absolute atomic E-state index is 12.8. The summed E-state index contributed by atoms with van der Waals surface area (Å²) in [6, 6.07) is 0.599. The summed E-state index contributed by atoms with van der Waals surface area (Å²) in [7, 11) is 0. The van der Waals surface area contributed by atoms with Crippen LogP contribution in [-0.4, -0.2) is 71.0 Å². The maximum atomic E-state index is 12.8. The lowest BCUT2D eigenvalue weighted by Crippen LogP contribution is -2.51. The van der Waals surface area contributed by atoms with E-state index in [1.807, 2.05) is 6.20 Å². The van der Waals surface area contributed by atoms with Crippen molar-refractivity contribution in [1.29, 1.82) is 0 Å². The molecule has 4 rings (SSSR count). The van der Waals surface area contributed by atoms with Crippen LogP contribution in [0.2, 0.25) is 0 Å². The summed E-state index contributed by atoms with van der Waals surface area (Å²) >= 11 is 0. The highest BCUT2D eigenvalue weighted by atomic mass is 16.2. The van der Waals surface area contributed by atoms with Crippen molar-refractivity contribution in [1.82, 2.24) is 19.8 Å². The second-order valence-corrected chi connectivity index (χ2v) is 8.74. The zero-order chi connectivity index (χ0) is 19.5. The topological polar surface area (TPSA) is 52.6 Å². The molecule has 6 heteroatoms. The van der Waals surface area contributed by atoms with Gasteiger partial charge in [0.25, 0.3) is 0 Å². The number of aryl methyl sites for hydroxylation is 2. The third kappa shape index (κ3) is 4.17. The highest BCUT2D eigenvalue weighted by Crippen LogP contribution is 2.27. The van der Waals surface area contributed by atoms with Gasteiger partial charge in [0.1, 0.15) is 0 Å². The Morgan fingerprint density at radius 3 is 2.54 bits per heavy atom. The third-order valence-corrected chi connectivity index (χ3v) is 6.88. The van der Waals surface area contributed by atoms with Crippen LogP contribution >= 0.6 is 0 Å². The third-order valence-electron chi connectivity index (χ3n) is 6.88. The summed E-state index contributed by atoms with van der Waals surface area (Å²) in [4.78, 5) is 29.2. The van der Waals surface area contributed by atoms with Gasteiger partial charge >= 0.3 is 0 Å². The van der Waals surface area contributed by atoms with Gasteiger partial charge in [0.05, 0.1) is 5.92 Å². The van der Waals surface area contributed by atoms with E-state index in [0.29, 0.717) is 11.9 Å². The lowest BCUT2D eigenvalue weighted by molar-refractivity contribution is -0.136. The number of carbonyl (C=O) groups is 1. The van der Waals surface area contributed by atoms with Crippen LogP contribution in [0.3, 0.4) is 0 Å². The fraction of sp³-hybridized carbons (Fsp3) is 0.773. The molecule has 3 aliphatic heterocycles. The van der Waals surface area contributed by atoms with Crippen LogP contribution in [0.4, 0.5) is 5.95 Å². The Morgan fingerprint density at radius 2 is 1.82 bits per heavy atom. The molecule has 1 aromatic heterocycles. The van der Waals surface area contributed by atoms with Gasteiger partial charge in [0, 0.05) is 50.7 Å². The van der Waals surface area contributed by atoms with Crippen molar-refractivity contribution in [2.24, 2.45) is 5.92 Å². The molecule has 0 saturated carbocycles. The van der Waals surface area contributed by atoms with Crippen molar-refractivity contribution in [3.63, 3.8) is 0 Å². The fourth-order valence-electron chi connectivity index (χ4n) is 5.14. The van der Waals surface area contributed by atoms with Gasteiger partial charge in [-0.2, -0.15) is 0 Å². The van der Waals surface area contributed by atoms with E-state index < -0.39 is 0 Å². The van der Waals surface area contributed by atoms with Crippen molar-refractivity contribution in [3.05, 3.63) is 17.5 Å². The van der Waals surface area contributed by atoms with Crippen LogP contribution in [0.1, 0.15) is 56.7 Å². The monoisotopic (exact) mass is 385 g/mol. The molecule has 0 radical (unpaired) electrons. The average Bonchev–Trinajstić information content (AvgIpc) is 3.29. The summed E-state index contributed by atoms with van der Waals surface area (Å²) in [6.07, 6.45) is 9.80. The number of nitrogens with zero attached hydrogens (tertiary/aromatic N) is 5. The molecule has 0 aliphatic carbocycles. The van der Waals surface area contributed by atoms with Crippen molar-refractivity contribution >= 4 is 11.9 Å². The Labute approximate surface area is 169 Å². The van der Waals surface area contributed by atoms with Gasteiger partial charge in [-0.1, -0.05) is 6.92 Å². The fourth-order valence-corrected chi connectivity index (χ4v) is 5.14. The van der Waals surface area contributed by atoms with Gasteiger partial charge in [0.15, 0.2) is 0 Å². The minimum Gasteiger partial charge on any atom is -0.342 e. The number of hydrogen-bond acceptors (Lipinski definition) is 5. The number of rotatable bonds is 4. The molecule has 0 bridgehead atoms. The van der Waals surface area contributed by atoms with Gasteiger partial charge in [-0.05, 0) is 64.0 Å². The van der Waals surface area contributed by atoms with Gasteiger partial charge in [-0.3, -0.25) is 9.69 Å². The minimum atomic E-state index is 0.220. The molecule has 1 atom stereocenters. The molecule has 3 aliphatic rings. The van der Waals surface area contributed by atoms with Gasteiger partial charge in [-0.15, -0.1) is 0 Å². The molecule has 1 aromatic rings. The quantitative estimate of drug-likeness (QED) is 0.798. The summed E-state index contributed by atoms with van der Waals surface area (Å²) in [6.45, 7) is 10.3. The van der Waals surface area contributed by atoms with Crippen molar-refractivity contribution in [2.75, 3.05) is 44.2 Å². The first-order chi connectivity index (χ1) is 13.7. The molecule has 0 aromatic carbocycles. The number of amides is 1. The summed E-state index contributed by atoms with van der Waals surface area (Å²) in [5.74, 6) is 1.53. The first-order valence-electron chi connectivity index (χ1n) is 11.3. The molecule has 0 spiro atoms. The van der Waals surface area contributed by atoms with Crippen LogP contribution in [0.5, 0.6) is 0 Å². The number of hydrogen-bond donors (Lipinski definition) is 0. The van der Waals surface area contributed by atoms with Crippen LogP contribution < -0.4 is 4.90 Å². The molecule has 0 N–H and O–H groups in total. The Hall–Kier alpha value is -1.69. The Kier molecular flexibility index (Phi) is 6.14. The highest BCUT2D eigenvalue weighted by molar-refractivity contribution is 5.79. The largest absolute Gasteiger partial charge is 0.342 e. The molecule has 6 nitrogen and oxygen atoms in total. The predicted molar refractivity (Wildman–Crippen MR) is 111 cm³/mol. The van der Waals surface area contributed by atoms with Crippen LogP contribution in [0.15, 0.2) is 6.20 Å². The summed E-state index contributed by atoms with van der Waals surface area (Å²) < 4.78 is 0. The molecule has 4 heterocycles. The molecule has 3 fully saturated rings. The van der Waals surface area contributed by atoms with Gasteiger partial charge in [-0.25, -0.2) is 9.97 Å². The molecule has 1 amide bonds. The Morgan fingerprint density at radius 1 is 1.07 bits per heavy atom. The van der Waals surface area contributed by atoms with Crippen LogP contribution in [0, 0.1) is 12.8 Å². The van der Waals surface area contributed by atoms with Crippen LogP contribution in [-0.2, 0) is 11.2 Å². The molecule has 154 valence electrons. The number of aromatic nitrogens is 2. The van der Waals surface area contributed by atoms with E-state index in [9.17, 15) is 4.79 Å². The van der Waals surface area contributed by atoms with Crippen LogP contribution in [0.25, 0.3) is 0 Å². The lowest BCUT2D eigenvalue weighted by Gasteiger charge is -2.42. The van der Waals surface area contributed by atoms with Gasteiger partial charge in [0.2, 0.25) is 11.9 Å². The van der Waals surface area contributed by atoms with Crippen molar-refractivity contribution < 1.29 is 4.79 Å². The van der Waals surface area contributed by atoms with Crippen molar-refractivity contribution in [2.45, 2.75) is 64.8 Å². The van der Waals surface area contributed by atoms with E-state index in [0.717, 1.165) is 83.0 Å². The maximum Gasteiger partial charge on any atom is 0.226 e. The number of anilines is 1. The Balaban J connectivity index is 1.32. The standard InChI is InChI=1S/C22H35N5O/c1-3-20-17(2)15-23-22(24-20)26-13-8-19(9-14-26)27-12-6-7-18(16-27)21(28)25-10-4-5-11-25/h15,18-19H,3-14,16H2,1-2H3/t18-/m1/s1. The van der Waals surface area contributed by atoms with E-state index in [1.54, 1.807) is 0 Å². The first-order valence-corrected chi connectivity index (χ1v) is 11.3. The summed E-state index contributed by atoms with van der Waals surface area (Å²) in [5, 5.41) is 0. The van der Waals surface area contributed by atoms with E-state index in [1.165, 1.54) is 18.4 Å². The number of piperidine rings is 2. The van der Waals surface area contributed by atoms with E-state index in [-0.39, 0.29) is 5.92 Å². The SMILES string of the molecule is CCc1nc(N2CCC(N3CCC[C@@H](C(=O)N4CCCC4)C3)CC2)ncc1C. The number of carbonyl (C=O) groups excluding carboxylic acids is 1. The molecular formula is C22H35N5O. The summed E-state index contributed by atoms with van der Waals surface area (Å²) in [5.41, 5.74) is 2.34. The molecule has 0 unspecified atom stereocenters. The molecule has 28 heavy (non-hydrogen) atoms. The zero-order valence-corrected chi connectivity index (χ0v) is 17.6. The normalized spacial score (nSPS) is 24.7. The van der Waals surface area contributed by atoms with Crippen molar-refractivity contribution in [3.8, 4) is 0 Å². The van der Waals surface area contributed by atoms with E-state index in [4.69, 9.17) is 4.98 Å². The molecule has 3 saturated heterocycles. The zero-order valence-electron chi connectivity index (χ0n) is 17.6. The molecular weight excluding hydrogens is 350 g/mol. The van der Waals surface area contributed by atoms with E-state index in [2.05, 4.69) is 33.5 Å². The Bertz CT molecular complexity index is 680. The van der Waals surface area contributed by atoms with Gasteiger partial charge < -0.3 is 9.80 Å². The first kappa shape index (κ1) is 19.6. The second kappa shape index (κ2) is 8.76. The lowest BCUT2D eigenvalue weighted by atomic mass is 9.93. The average molecular weight is 386 g/mol. The smallest absolute Gasteiger partial charge is 0.226 e. The minimum absolute atomic E-state index is 0.220. The second-order valence-electron chi connectivity index (χ2n) is 8.74.